The first kappa shape index (κ1) is 16.9. The number of aromatic amines is 1. The van der Waals surface area contributed by atoms with Crippen LogP contribution in [0.5, 0.6) is 11.5 Å². The summed E-state index contributed by atoms with van der Waals surface area (Å²) in [6.45, 7) is 3.98. The van der Waals surface area contributed by atoms with Crippen molar-refractivity contribution in [2.24, 2.45) is 5.10 Å². The van der Waals surface area contributed by atoms with E-state index in [1.165, 1.54) is 0 Å². The molecule has 122 valence electrons. The number of H-pyrrole nitrogens is 1. The maximum absolute atomic E-state index is 11.4. The molecule has 2 aromatic rings. The van der Waals surface area contributed by atoms with Crippen molar-refractivity contribution in [3.8, 4) is 11.5 Å². The molecule has 0 radical (unpaired) electrons. The normalized spacial score (nSPS) is 10.8. The second-order valence-electron chi connectivity index (χ2n) is 4.43. The minimum atomic E-state index is -0.316. The number of hydrogen-bond donors (Lipinski definition) is 2. The molecule has 1 aromatic carbocycles. The molecule has 8 nitrogen and oxygen atoms in total. The van der Waals surface area contributed by atoms with Gasteiger partial charge in [0.25, 0.3) is 5.56 Å². The first-order valence-corrected chi connectivity index (χ1v) is 7.57. The van der Waals surface area contributed by atoms with E-state index in [1.54, 1.807) is 26.3 Å². The molecule has 1 aromatic heterocycles. The number of benzene rings is 1. The maximum Gasteiger partial charge on any atom is 0.274 e. The minimum absolute atomic E-state index is 0.162. The molecule has 0 atom stereocenters. The van der Waals surface area contributed by atoms with E-state index in [9.17, 15) is 4.79 Å². The number of halogens is 1. The molecule has 23 heavy (non-hydrogen) atoms. The Labute approximate surface area is 141 Å². The molecule has 0 aliphatic rings. The first-order valence-electron chi connectivity index (χ1n) is 6.78. The van der Waals surface area contributed by atoms with Crippen molar-refractivity contribution in [2.75, 3.05) is 19.1 Å². The third kappa shape index (κ3) is 4.28. The Hall–Kier alpha value is -2.42. The van der Waals surface area contributed by atoms with Crippen LogP contribution in [-0.4, -0.2) is 35.1 Å². The van der Waals surface area contributed by atoms with Crippen LogP contribution in [0, 0.1) is 6.92 Å². The third-order valence-corrected chi connectivity index (χ3v) is 3.37. The Morgan fingerprint density at radius 2 is 2.22 bits per heavy atom. The summed E-state index contributed by atoms with van der Waals surface area (Å²) in [5.41, 5.74) is 3.36. The SMILES string of the molecule is CCOc1cc(/C=N\Nc2nnc(C)c(=O)[nH]2)cc(Br)c1OC. The predicted octanol–water partition coefficient (Wildman–Crippen LogP) is 2.09. The molecule has 2 N–H and O–H groups in total. The summed E-state index contributed by atoms with van der Waals surface area (Å²) >= 11 is 3.43. The summed E-state index contributed by atoms with van der Waals surface area (Å²) in [5.74, 6) is 1.38. The van der Waals surface area contributed by atoms with E-state index < -0.39 is 0 Å². The molecule has 0 aliphatic carbocycles. The smallest absolute Gasteiger partial charge is 0.274 e. The van der Waals surface area contributed by atoms with E-state index in [1.807, 2.05) is 13.0 Å². The van der Waals surface area contributed by atoms with Gasteiger partial charge in [-0.3, -0.25) is 9.78 Å². The van der Waals surface area contributed by atoms with Crippen LogP contribution in [0.1, 0.15) is 18.2 Å². The van der Waals surface area contributed by atoms with Crippen LogP contribution in [0.15, 0.2) is 26.5 Å². The van der Waals surface area contributed by atoms with Gasteiger partial charge in [0.05, 0.1) is 24.4 Å². The average Bonchev–Trinajstić information content (AvgIpc) is 2.51. The predicted molar refractivity (Wildman–Crippen MR) is 90.5 cm³/mol. The van der Waals surface area contributed by atoms with Gasteiger partial charge in [0.1, 0.15) is 5.69 Å². The van der Waals surface area contributed by atoms with Gasteiger partial charge in [0, 0.05) is 0 Å². The molecule has 9 heteroatoms. The topological polar surface area (TPSA) is 101 Å². The van der Waals surface area contributed by atoms with Gasteiger partial charge in [-0.05, 0) is 47.5 Å². The van der Waals surface area contributed by atoms with Gasteiger partial charge in [0.15, 0.2) is 11.5 Å². The van der Waals surface area contributed by atoms with Gasteiger partial charge in [0.2, 0.25) is 5.95 Å². The molecule has 0 amide bonds. The number of aryl methyl sites for hydroxylation is 1. The molecule has 0 spiro atoms. The number of aromatic nitrogens is 3. The molecule has 1 heterocycles. The zero-order valence-electron chi connectivity index (χ0n) is 12.9. The van der Waals surface area contributed by atoms with Crippen LogP contribution in [0.3, 0.4) is 0 Å². The average molecular weight is 382 g/mol. The van der Waals surface area contributed by atoms with Gasteiger partial charge >= 0.3 is 0 Å². The van der Waals surface area contributed by atoms with Crippen molar-refractivity contribution in [1.82, 2.24) is 15.2 Å². The largest absolute Gasteiger partial charge is 0.492 e. The second-order valence-corrected chi connectivity index (χ2v) is 5.28. The van der Waals surface area contributed by atoms with E-state index in [0.29, 0.717) is 23.8 Å². The van der Waals surface area contributed by atoms with Crippen LogP contribution < -0.4 is 20.5 Å². The molecule has 0 bridgehead atoms. The summed E-state index contributed by atoms with van der Waals surface area (Å²) < 4.78 is 11.6. The Morgan fingerprint density at radius 3 is 2.87 bits per heavy atom. The van der Waals surface area contributed by atoms with Gasteiger partial charge in [-0.1, -0.05) is 0 Å². The van der Waals surface area contributed by atoms with E-state index in [-0.39, 0.29) is 11.5 Å². The Kier molecular flexibility index (Phi) is 5.69. The van der Waals surface area contributed by atoms with Crippen molar-refractivity contribution in [3.05, 3.63) is 38.2 Å². The fourth-order valence-electron chi connectivity index (χ4n) is 1.74. The van der Waals surface area contributed by atoms with Crippen LogP contribution in [-0.2, 0) is 0 Å². The minimum Gasteiger partial charge on any atom is -0.492 e. The quantitative estimate of drug-likeness (QED) is 0.586. The van der Waals surface area contributed by atoms with Crippen molar-refractivity contribution in [2.45, 2.75) is 13.8 Å². The lowest BCUT2D eigenvalue weighted by Gasteiger charge is -2.11. The van der Waals surface area contributed by atoms with Gasteiger partial charge in [-0.25, -0.2) is 5.43 Å². The van der Waals surface area contributed by atoms with Crippen molar-refractivity contribution < 1.29 is 9.47 Å². The molecule has 0 saturated carbocycles. The van der Waals surface area contributed by atoms with Crippen LogP contribution >= 0.6 is 15.9 Å². The fourth-order valence-corrected chi connectivity index (χ4v) is 2.36. The molecule has 0 saturated heterocycles. The van der Waals surface area contributed by atoms with Crippen molar-refractivity contribution in [3.63, 3.8) is 0 Å². The highest BCUT2D eigenvalue weighted by atomic mass is 79.9. The standard InChI is InChI=1S/C14H16BrN5O3/c1-4-23-11-6-9(5-10(15)12(11)22-3)7-16-19-14-17-13(21)8(2)18-20-14/h5-7H,4H2,1-3H3,(H2,17,19,20,21)/b16-7-. The number of methoxy groups -OCH3 is 1. The lowest BCUT2D eigenvalue weighted by molar-refractivity contribution is 0.310. The Balaban J connectivity index is 2.18. The lowest BCUT2D eigenvalue weighted by Crippen LogP contribution is -2.15. The third-order valence-electron chi connectivity index (χ3n) is 2.78. The highest BCUT2D eigenvalue weighted by Gasteiger charge is 2.10. The molecule has 0 fully saturated rings. The highest BCUT2D eigenvalue weighted by Crippen LogP contribution is 2.36. The van der Waals surface area contributed by atoms with E-state index in [0.717, 1.165) is 10.0 Å². The van der Waals surface area contributed by atoms with Crippen LogP contribution in [0.2, 0.25) is 0 Å². The van der Waals surface area contributed by atoms with Crippen molar-refractivity contribution >= 4 is 28.1 Å². The number of nitrogens with zero attached hydrogens (tertiary/aromatic N) is 3. The van der Waals surface area contributed by atoms with Crippen LogP contribution in [0.25, 0.3) is 0 Å². The number of anilines is 1. The molecular weight excluding hydrogens is 366 g/mol. The van der Waals surface area contributed by atoms with Gasteiger partial charge < -0.3 is 9.47 Å². The van der Waals surface area contributed by atoms with E-state index >= 15 is 0 Å². The van der Waals surface area contributed by atoms with Gasteiger partial charge in [-0.2, -0.15) is 5.10 Å². The second kappa shape index (κ2) is 7.73. The Morgan fingerprint density at radius 1 is 1.43 bits per heavy atom. The maximum atomic E-state index is 11.4. The number of hydrogen-bond acceptors (Lipinski definition) is 7. The zero-order valence-corrected chi connectivity index (χ0v) is 14.5. The van der Waals surface area contributed by atoms with E-state index in [4.69, 9.17) is 9.47 Å². The van der Waals surface area contributed by atoms with Gasteiger partial charge in [-0.15, -0.1) is 10.2 Å². The molecular formula is C14H16BrN5O3. The fraction of sp³-hybridized carbons (Fsp3) is 0.286. The number of nitrogens with one attached hydrogen (secondary N) is 2. The summed E-state index contributed by atoms with van der Waals surface area (Å²) in [6.07, 6.45) is 1.56. The highest BCUT2D eigenvalue weighted by molar-refractivity contribution is 9.10. The first-order chi connectivity index (χ1) is 11.0. The molecule has 0 unspecified atom stereocenters. The zero-order chi connectivity index (χ0) is 16.8. The summed E-state index contributed by atoms with van der Waals surface area (Å²) in [5, 5.41) is 11.5. The molecule has 2 rings (SSSR count). The van der Waals surface area contributed by atoms with E-state index in [2.05, 4.69) is 41.6 Å². The number of rotatable bonds is 6. The lowest BCUT2D eigenvalue weighted by atomic mass is 10.2. The van der Waals surface area contributed by atoms with Crippen LogP contribution in [0.4, 0.5) is 5.95 Å². The summed E-state index contributed by atoms with van der Waals surface area (Å²) in [6, 6.07) is 3.62. The monoisotopic (exact) mass is 381 g/mol. The molecule has 0 aliphatic heterocycles. The summed E-state index contributed by atoms with van der Waals surface area (Å²) in [7, 11) is 1.57. The van der Waals surface area contributed by atoms with Crippen molar-refractivity contribution in [1.29, 1.82) is 0 Å². The number of ether oxygens (including phenoxy) is 2. The Bertz CT molecular complexity index is 775. The summed E-state index contributed by atoms with van der Waals surface area (Å²) in [4.78, 5) is 13.9. The number of hydrazone groups is 1.